The van der Waals surface area contributed by atoms with E-state index >= 15 is 0 Å². The number of halogens is 3. The smallest absolute Gasteiger partial charge is 0.416 e. The summed E-state index contributed by atoms with van der Waals surface area (Å²) < 4.78 is 44.9. The first-order valence-corrected chi connectivity index (χ1v) is 12.5. The number of para-hydroxylation sites is 1. The number of carbonyl (C=O) groups excluding carboxylic acids is 1. The van der Waals surface area contributed by atoms with Crippen molar-refractivity contribution in [3.8, 4) is 11.9 Å². The van der Waals surface area contributed by atoms with Crippen molar-refractivity contribution in [3.05, 3.63) is 144 Å². The number of nitriles is 1. The second kappa shape index (κ2) is 13.6. The fourth-order valence-corrected chi connectivity index (χ4v) is 4.06. The Labute approximate surface area is 235 Å². The Bertz CT molecular complexity index is 1470. The van der Waals surface area contributed by atoms with Crippen LogP contribution in [0.2, 0.25) is 0 Å². The van der Waals surface area contributed by atoms with Crippen LogP contribution in [-0.4, -0.2) is 6.03 Å². The van der Waals surface area contributed by atoms with Crippen LogP contribution in [0, 0.1) is 11.5 Å². The summed E-state index contributed by atoms with van der Waals surface area (Å²) in [6, 6.07) is 29.7. The minimum absolute atomic E-state index is 0.192. The number of urea groups is 1. The second-order valence-corrected chi connectivity index (χ2v) is 8.77. The van der Waals surface area contributed by atoms with Gasteiger partial charge in [0.15, 0.2) is 6.19 Å². The van der Waals surface area contributed by atoms with Crippen molar-refractivity contribution in [2.75, 3.05) is 5.32 Å². The van der Waals surface area contributed by atoms with Crippen LogP contribution in [0.3, 0.4) is 0 Å². The number of anilines is 1. The van der Waals surface area contributed by atoms with Crippen molar-refractivity contribution in [2.45, 2.75) is 18.3 Å². The highest BCUT2D eigenvalue weighted by Crippen LogP contribution is 2.32. The normalized spacial score (nSPS) is 12.8. The Morgan fingerprint density at radius 2 is 1.27 bits per heavy atom. The van der Waals surface area contributed by atoms with E-state index in [9.17, 15) is 18.0 Å². The van der Waals surface area contributed by atoms with Gasteiger partial charge in [0.25, 0.3) is 0 Å². The highest BCUT2D eigenvalue weighted by Gasteiger charge is 2.30. The molecule has 4 rings (SSSR count). The summed E-state index contributed by atoms with van der Waals surface area (Å²) in [6.07, 6.45) is -1.28. The zero-order valence-corrected chi connectivity index (χ0v) is 21.6. The molecule has 10 heteroatoms. The molecule has 4 aromatic rings. The van der Waals surface area contributed by atoms with Crippen molar-refractivity contribution < 1.29 is 22.7 Å². The number of hydrogen-bond donors (Lipinski definition) is 4. The molecule has 0 aliphatic rings. The van der Waals surface area contributed by atoms with E-state index in [1.807, 2.05) is 72.9 Å². The number of nitrogens with zero attached hydrogens (tertiary/aromatic N) is 1. The van der Waals surface area contributed by atoms with Crippen LogP contribution in [0.1, 0.15) is 28.8 Å². The average Bonchev–Trinajstić information content (AvgIpc) is 2.98. The van der Waals surface area contributed by atoms with Crippen LogP contribution in [0.5, 0.6) is 5.75 Å². The molecule has 0 radical (unpaired) electrons. The van der Waals surface area contributed by atoms with Gasteiger partial charge in [-0.25, -0.2) is 4.79 Å². The number of rotatable bonds is 10. The summed E-state index contributed by atoms with van der Waals surface area (Å²) >= 11 is 0. The van der Waals surface area contributed by atoms with Gasteiger partial charge in [-0.3, -0.25) is 5.32 Å². The molecular formula is C31H26F3N5O2. The number of carbonyl (C=O) groups is 1. The molecule has 4 N–H and O–H groups in total. The molecule has 0 aromatic heterocycles. The molecule has 208 valence electrons. The van der Waals surface area contributed by atoms with E-state index in [0.29, 0.717) is 5.75 Å². The number of ether oxygens (including phenoxy) is 1. The van der Waals surface area contributed by atoms with Gasteiger partial charge in [-0.2, -0.15) is 18.4 Å². The van der Waals surface area contributed by atoms with Gasteiger partial charge in [-0.15, -0.1) is 0 Å². The summed E-state index contributed by atoms with van der Waals surface area (Å²) in [7, 11) is 0. The first-order chi connectivity index (χ1) is 19.8. The Balaban J connectivity index is 1.66. The van der Waals surface area contributed by atoms with E-state index < -0.39 is 29.9 Å². The van der Waals surface area contributed by atoms with Gasteiger partial charge in [0.2, 0.25) is 5.88 Å². The third-order valence-electron chi connectivity index (χ3n) is 5.94. The highest BCUT2D eigenvalue weighted by molar-refractivity contribution is 5.89. The van der Waals surface area contributed by atoms with Crippen LogP contribution in [0.4, 0.5) is 23.7 Å². The topological polar surface area (TPSA) is 98.2 Å². The minimum atomic E-state index is -4.48. The first-order valence-electron chi connectivity index (χ1n) is 12.5. The SMILES string of the molecule is N#CN/C=C(\N[C@@H](c1ccccc1)[C@@H](NC(=O)Nc1ccc(C(F)(F)F)cc1)c1ccccc1)Oc1ccccc1. The molecule has 0 unspecified atom stereocenters. The van der Waals surface area contributed by atoms with Crippen LogP contribution in [0.25, 0.3) is 0 Å². The zero-order valence-electron chi connectivity index (χ0n) is 21.6. The van der Waals surface area contributed by atoms with E-state index in [-0.39, 0.29) is 11.6 Å². The van der Waals surface area contributed by atoms with Gasteiger partial charge in [0.05, 0.1) is 23.8 Å². The minimum Gasteiger partial charge on any atom is -0.440 e. The summed E-state index contributed by atoms with van der Waals surface area (Å²) in [4.78, 5) is 13.2. The molecule has 0 heterocycles. The lowest BCUT2D eigenvalue weighted by Crippen LogP contribution is -2.41. The predicted molar refractivity (Wildman–Crippen MR) is 149 cm³/mol. The molecule has 7 nitrogen and oxygen atoms in total. The lowest BCUT2D eigenvalue weighted by Gasteiger charge is -2.31. The summed E-state index contributed by atoms with van der Waals surface area (Å²) in [5.74, 6) is 0.722. The molecule has 0 fully saturated rings. The maximum atomic E-state index is 13.2. The molecule has 2 amide bonds. The van der Waals surface area contributed by atoms with Crippen molar-refractivity contribution >= 4 is 11.7 Å². The number of amides is 2. The summed E-state index contributed by atoms with van der Waals surface area (Å²) in [5.41, 5.74) is 0.903. The molecule has 41 heavy (non-hydrogen) atoms. The van der Waals surface area contributed by atoms with E-state index in [1.165, 1.54) is 18.3 Å². The van der Waals surface area contributed by atoms with Crippen LogP contribution in [0.15, 0.2) is 127 Å². The van der Waals surface area contributed by atoms with Crippen molar-refractivity contribution in [2.24, 2.45) is 0 Å². The quantitative estimate of drug-likeness (QED) is 0.0972. The fraction of sp³-hybridized carbons (Fsp3) is 0.0968. The van der Waals surface area contributed by atoms with Crippen molar-refractivity contribution in [1.82, 2.24) is 16.0 Å². The standard InChI is InChI=1S/C31H26F3N5O2/c32-31(33,34)24-16-18-25(19-17-24)37-30(40)39-29(23-12-6-2-7-13-23)28(22-10-4-1-5-11-22)38-27(20-36-21-35)41-26-14-8-3-9-15-26/h1-20,28-29,36,38H,(H2,37,39,40)/b27-20+/t28-,29-/m0/s1. The van der Waals surface area contributed by atoms with Gasteiger partial charge in [-0.05, 0) is 47.5 Å². The van der Waals surface area contributed by atoms with Gasteiger partial charge >= 0.3 is 12.2 Å². The Kier molecular flexibility index (Phi) is 9.46. The largest absolute Gasteiger partial charge is 0.440 e. The monoisotopic (exact) mass is 557 g/mol. The van der Waals surface area contributed by atoms with Crippen LogP contribution < -0.4 is 26.0 Å². The number of benzene rings is 4. The third-order valence-corrected chi connectivity index (χ3v) is 5.94. The van der Waals surface area contributed by atoms with E-state index in [1.54, 1.807) is 24.3 Å². The van der Waals surface area contributed by atoms with E-state index in [0.717, 1.165) is 23.3 Å². The molecule has 2 atom stereocenters. The molecule has 0 spiro atoms. The van der Waals surface area contributed by atoms with Gasteiger partial charge < -0.3 is 20.7 Å². The number of nitrogens with one attached hydrogen (secondary N) is 4. The molecular weight excluding hydrogens is 531 g/mol. The lowest BCUT2D eigenvalue weighted by molar-refractivity contribution is -0.137. The van der Waals surface area contributed by atoms with Crippen LogP contribution >= 0.6 is 0 Å². The fourth-order valence-electron chi connectivity index (χ4n) is 4.06. The van der Waals surface area contributed by atoms with Crippen molar-refractivity contribution in [3.63, 3.8) is 0 Å². The van der Waals surface area contributed by atoms with Crippen LogP contribution in [-0.2, 0) is 6.18 Å². The Morgan fingerprint density at radius 3 is 1.78 bits per heavy atom. The number of hydrogen-bond acceptors (Lipinski definition) is 5. The Morgan fingerprint density at radius 1 is 0.756 bits per heavy atom. The van der Waals surface area contributed by atoms with Gasteiger partial charge in [-0.1, -0.05) is 78.9 Å². The molecule has 4 aromatic carbocycles. The van der Waals surface area contributed by atoms with E-state index in [4.69, 9.17) is 10.00 Å². The molecule has 0 saturated heterocycles. The predicted octanol–water partition coefficient (Wildman–Crippen LogP) is 6.85. The lowest BCUT2D eigenvalue weighted by atomic mass is 9.93. The van der Waals surface area contributed by atoms with Crippen molar-refractivity contribution in [1.29, 1.82) is 5.26 Å². The third kappa shape index (κ3) is 8.28. The summed E-state index contributed by atoms with van der Waals surface area (Å²) in [5, 5.41) is 20.5. The first kappa shape index (κ1) is 28.6. The Hall–Kier alpha value is -5.43. The second-order valence-electron chi connectivity index (χ2n) is 8.77. The maximum absolute atomic E-state index is 13.2. The highest BCUT2D eigenvalue weighted by atomic mass is 19.4. The maximum Gasteiger partial charge on any atom is 0.416 e. The zero-order chi connectivity index (χ0) is 29.1. The number of alkyl halides is 3. The van der Waals surface area contributed by atoms with Gasteiger partial charge in [0, 0.05) is 5.69 Å². The average molecular weight is 558 g/mol. The molecule has 0 aliphatic heterocycles. The van der Waals surface area contributed by atoms with E-state index in [2.05, 4.69) is 21.3 Å². The van der Waals surface area contributed by atoms with Gasteiger partial charge in [0.1, 0.15) is 5.75 Å². The molecule has 0 aliphatic carbocycles. The molecule has 0 bridgehead atoms. The molecule has 0 saturated carbocycles. The summed E-state index contributed by atoms with van der Waals surface area (Å²) in [6.45, 7) is 0.